The Labute approximate surface area is 121 Å². The molecule has 0 saturated carbocycles. The summed E-state index contributed by atoms with van der Waals surface area (Å²) in [5.74, 6) is -1.28. The third kappa shape index (κ3) is 2.56. The van der Waals surface area contributed by atoms with Gasteiger partial charge in [-0.05, 0) is 31.4 Å². The highest BCUT2D eigenvalue weighted by Gasteiger charge is 2.27. The highest BCUT2D eigenvalue weighted by molar-refractivity contribution is 5.65. The average molecular weight is 293 g/mol. The minimum absolute atomic E-state index is 0.0414. The first-order chi connectivity index (χ1) is 10.1. The monoisotopic (exact) mass is 293 g/mol. The van der Waals surface area contributed by atoms with E-state index in [1.165, 1.54) is 12.1 Å². The lowest BCUT2D eigenvalue weighted by Crippen LogP contribution is -2.19. The molecule has 0 bridgehead atoms. The topological polar surface area (TPSA) is 64.1 Å². The van der Waals surface area contributed by atoms with Crippen LogP contribution in [0.5, 0.6) is 0 Å². The number of halogens is 2. The molecule has 0 spiro atoms. The van der Waals surface area contributed by atoms with Gasteiger partial charge in [-0.25, -0.2) is 8.78 Å². The number of aliphatic hydroxyl groups excluding tert-OH is 1. The van der Waals surface area contributed by atoms with Crippen molar-refractivity contribution in [1.29, 1.82) is 0 Å². The number of fused-ring (bicyclic) bond motifs is 1. The molecule has 3 N–H and O–H groups in total. The van der Waals surface area contributed by atoms with E-state index in [0.717, 1.165) is 36.6 Å². The Morgan fingerprint density at radius 2 is 2.00 bits per heavy atom. The van der Waals surface area contributed by atoms with Crippen molar-refractivity contribution >= 4 is 0 Å². The number of hydrogen-bond donors (Lipinski definition) is 2. The van der Waals surface area contributed by atoms with E-state index in [0.29, 0.717) is 17.8 Å². The predicted molar refractivity (Wildman–Crippen MR) is 74.5 cm³/mol. The molecule has 21 heavy (non-hydrogen) atoms. The van der Waals surface area contributed by atoms with E-state index in [-0.39, 0.29) is 12.6 Å². The van der Waals surface area contributed by atoms with Crippen molar-refractivity contribution in [3.8, 4) is 11.3 Å². The standard InChI is InChI=1S/C15H17F2N3O/c16-10-6-9(7-11(17)8-10)15-14-12(18)2-1-3-13(14)20(19-15)4-5-21/h6-8,12,21H,1-5,18H2. The maximum atomic E-state index is 13.5. The minimum atomic E-state index is -0.639. The number of aromatic nitrogens is 2. The molecular formula is C15H17F2N3O. The van der Waals surface area contributed by atoms with Gasteiger partial charge in [-0.3, -0.25) is 4.68 Å². The molecule has 0 amide bonds. The van der Waals surface area contributed by atoms with E-state index in [1.54, 1.807) is 4.68 Å². The molecule has 0 aliphatic heterocycles. The molecule has 112 valence electrons. The van der Waals surface area contributed by atoms with Gasteiger partial charge in [0, 0.05) is 28.9 Å². The molecule has 1 aliphatic rings. The molecule has 3 rings (SSSR count). The van der Waals surface area contributed by atoms with E-state index >= 15 is 0 Å². The van der Waals surface area contributed by atoms with Crippen LogP contribution in [0.15, 0.2) is 18.2 Å². The average Bonchev–Trinajstić information content (AvgIpc) is 2.79. The van der Waals surface area contributed by atoms with Crippen molar-refractivity contribution < 1.29 is 13.9 Å². The minimum Gasteiger partial charge on any atom is -0.394 e. The van der Waals surface area contributed by atoms with E-state index in [1.807, 2.05) is 0 Å². The van der Waals surface area contributed by atoms with Gasteiger partial charge in [0.2, 0.25) is 0 Å². The Kier molecular flexibility index (Phi) is 3.73. The lowest BCUT2D eigenvalue weighted by Gasteiger charge is -2.20. The smallest absolute Gasteiger partial charge is 0.126 e. The Morgan fingerprint density at radius 3 is 2.67 bits per heavy atom. The number of aliphatic hydroxyl groups is 1. The summed E-state index contributed by atoms with van der Waals surface area (Å²) in [6.45, 7) is 0.313. The molecule has 0 saturated heterocycles. The first-order valence-corrected chi connectivity index (χ1v) is 7.02. The van der Waals surface area contributed by atoms with Crippen LogP contribution < -0.4 is 5.73 Å². The van der Waals surface area contributed by atoms with Gasteiger partial charge in [0.15, 0.2) is 0 Å². The van der Waals surface area contributed by atoms with Gasteiger partial charge in [-0.2, -0.15) is 5.10 Å². The second kappa shape index (κ2) is 5.54. The van der Waals surface area contributed by atoms with Crippen molar-refractivity contribution in [2.75, 3.05) is 6.61 Å². The molecule has 1 heterocycles. The van der Waals surface area contributed by atoms with Crippen LogP contribution in [0.2, 0.25) is 0 Å². The summed E-state index contributed by atoms with van der Waals surface area (Å²) in [7, 11) is 0. The Bertz CT molecular complexity index is 649. The maximum Gasteiger partial charge on any atom is 0.126 e. The highest BCUT2D eigenvalue weighted by atomic mass is 19.1. The Balaban J connectivity index is 2.17. The summed E-state index contributed by atoms with van der Waals surface area (Å²) in [5, 5.41) is 13.6. The summed E-state index contributed by atoms with van der Waals surface area (Å²) in [6, 6.07) is 3.16. The molecule has 2 aromatic rings. The molecule has 6 heteroatoms. The number of benzene rings is 1. The molecule has 4 nitrogen and oxygen atoms in total. The summed E-state index contributed by atoms with van der Waals surface area (Å²) in [5.41, 5.74) is 8.88. The van der Waals surface area contributed by atoms with Gasteiger partial charge in [0.1, 0.15) is 11.6 Å². The van der Waals surface area contributed by atoms with E-state index in [9.17, 15) is 8.78 Å². The predicted octanol–water partition coefficient (Wildman–Crippen LogP) is 2.16. The molecule has 0 fully saturated rings. The van der Waals surface area contributed by atoms with Gasteiger partial charge in [-0.15, -0.1) is 0 Å². The van der Waals surface area contributed by atoms with Crippen LogP contribution in [0, 0.1) is 11.6 Å². The fourth-order valence-corrected chi connectivity index (χ4v) is 2.98. The second-order valence-corrected chi connectivity index (χ2v) is 5.31. The van der Waals surface area contributed by atoms with E-state index in [2.05, 4.69) is 5.10 Å². The van der Waals surface area contributed by atoms with Crippen molar-refractivity contribution in [2.24, 2.45) is 5.73 Å². The van der Waals surface area contributed by atoms with E-state index < -0.39 is 11.6 Å². The molecule has 1 aliphatic carbocycles. The van der Waals surface area contributed by atoms with Gasteiger partial charge in [0.05, 0.1) is 18.8 Å². The zero-order valence-electron chi connectivity index (χ0n) is 11.5. The zero-order chi connectivity index (χ0) is 15.0. The fraction of sp³-hybridized carbons (Fsp3) is 0.400. The van der Waals surface area contributed by atoms with Crippen LogP contribution in [0.3, 0.4) is 0 Å². The lowest BCUT2D eigenvalue weighted by molar-refractivity contribution is 0.266. The molecule has 1 unspecified atom stereocenters. The number of nitrogens with two attached hydrogens (primary N) is 1. The molecule has 1 aromatic carbocycles. The van der Waals surface area contributed by atoms with Gasteiger partial charge >= 0.3 is 0 Å². The molecule has 1 atom stereocenters. The first-order valence-electron chi connectivity index (χ1n) is 7.02. The van der Waals surface area contributed by atoms with Crippen LogP contribution in [0.4, 0.5) is 8.78 Å². The number of rotatable bonds is 3. The van der Waals surface area contributed by atoms with Crippen LogP contribution in [-0.4, -0.2) is 21.5 Å². The maximum absolute atomic E-state index is 13.5. The molecule has 0 radical (unpaired) electrons. The van der Waals surface area contributed by atoms with Gasteiger partial charge < -0.3 is 10.8 Å². The largest absolute Gasteiger partial charge is 0.394 e. The van der Waals surface area contributed by atoms with Crippen LogP contribution in [0.25, 0.3) is 11.3 Å². The van der Waals surface area contributed by atoms with E-state index in [4.69, 9.17) is 10.8 Å². The SMILES string of the molecule is NC1CCCc2c1c(-c1cc(F)cc(F)c1)nn2CCO. The summed E-state index contributed by atoms with van der Waals surface area (Å²) < 4.78 is 28.6. The fourth-order valence-electron chi connectivity index (χ4n) is 2.98. The summed E-state index contributed by atoms with van der Waals surface area (Å²) in [6.07, 6.45) is 2.58. The molecule has 1 aromatic heterocycles. The third-order valence-electron chi connectivity index (χ3n) is 3.85. The Hall–Kier alpha value is -1.79. The normalized spacial score (nSPS) is 17.8. The summed E-state index contributed by atoms with van der Waals surface area (Å²) >= 11 is 0. The number of nitrogens with zero attached hydrogens (tertiary/aromatic N) is 2. The lowest BCUT2D eigenvalue weighted by atomic mass is 9.89. The highest BCUT2D eigenvalue weighted by Crippen LogP contribution is 2.36. The second-order valence-electron chi connectivity index (χ2n) is 5.31. The van der Waals surface area contributed by atoms with Gasteiger partial charge in [0.25, 0.3) is 0 Å². The first kappa shape index (κ1) is 14.2. The van der Waals surface area contributed by atoms with Gasteiger partial charge in [-0.1, -0.05) is 0 Å². The van der Waals surface area contributed by atoms with Crippen molar-refractivity contribution in [1.82, 2.24) is 9.78 Å². The molecular weight excluding hydrogens is 276 g/mol. The zero-order valence-corrected chi connectivity index (χ0v) is 11.5. The van der Waals surface area contributed by atoms with Crippen molar-refractivity contribution in [3.05, 3.63) is 41.1 Å². The van der Waals surface area contributed by atoms with Crippen LogP contribution >= 0.6 is 0 Å². The van der Waals surface area contributed by atoms with Crippen LogP contribution in [0.1, 0.15) is 30.1 Å². The van der Waals surface area contributed by atoms with Crippen molar-refractivity contribution in [2.45, 2.75) is 31.8 Å². The third-order valence-corrected chi connectivity index (χ3v) is 3.85. The van der Waals surface area contributed by atoms with Crippen molar-refractivity contribution in [3.63, 3.8) is 0 Å². The quantitative estimate of drug-likeness (QED) is 0.911. The summed E-state index contributed by atoms with van der Waals surface area (Å²) in [4.78, 5) is 0. The number of hydrogen-bond acceptors (Lipinski definition) is 3. The Morgan fingerprint density at radius 1 is 1.29 bits per heavy atom. The van der Waals surface area contributed by atoms with Crippen LogP contribution in [-0.2, 0) is 13.0 Å².